The molecule has 4 rings (SSSR count). The molecule has 0 unspecified atom stereocenters. The molecule has 146 valence electrons. The molecule has 0 bridgehead atoms. The van der Waals surface area contributed by atoms with Crippen LogP contribution in [-0.2, 0) is 11.3 Å². The summed E-state index contributed by atoms with van der Waals surface area (Å²) in [6.07, 6.45) is 1.54. The Balaban J connectivity index is 1.55. The third-order valence-electron chi connectivity index (χ3n) is 4.57. The first-order valence-corrected chi connectivity index (χ1v) is 9.97. The third kappa shape index (κ3) is 3.99. The largest absolute Gasteiger partial charge is 0.457 e. The fourth-order valence-corrected chi connectivity index (χ4v) is 3.96. The topological polar surface area (TPSA) is 50.5 Å². The van der Waals surface area contributed by atoms with E-state index in [1.807, 2.05) is 31.2 Å². The number of hydrogen-bond acceptors (Lipinski definition) is 4. The smallest absolute Gasteiger partial charge is 0.293 e. The maximum Gasteiger partial charge on any atom is 0.293 e. The maximum absolute atomic E-state index is 13.3. The molecular formula is C22H15ClFNO3S. The Morgan fingerprint density at radius 1 is 1.14 bits per heavy atom. The predicted molar refractivity (Wildman–Crippen MR) is 112 cm³/mol. The number of halogens is 2. The van der Waals surface area contributed by atoms with Crippen LogP contribution in [0.5, 0.6) is 0 Å². The number of carbonyl (C=O) groups excluding carboxylic acids is 2. The summed E-state index contributed by atoms with van der Waals surface area (Å²) in [4.78, 5) is 26.6. The second kappa shape index (κ2) is 7.89. The molecule has 2 amide bonds. The van der Waals surface area contributed by atoms with Crippen LogP contribution in [0.4, 0.5) is 9.18 Å². The van der Waals surface area contributed by atoms with Gasteiger partial charge in [0.2, 0.25) is 0 Å². The fraction of sp³-hybridized carbons (Fsp3) is 0.0909. The molecule has 29 heavy (non-hydrogen) atoms. The zero-order chi connectivity index (χ0) is 20.5. The van der Waals surface area contributed by atoms with Crippen LogP contribution in [0.1, 0.15) is 16.9 Å². The number of nitrogens with zero attached hydrogens (tertiary/aromatic N) is 1. The van der Waals surface area contributed by atoms with E-state index in [-0.39, 0.29) is 22.7 Å². The summed E-state index contributed by atoms with van der Waals surface area (Å²) in [6, 6.07) is 15.3. The van der Waals surface area contributed by atoms with E-state index < -0.39 is 5.82 Å². The van der Waals surface area contributed by atoms with Crippen LogP contribution < -0.4 is 0 Å². The monoisotopic (exact) mass is 427 g/mol. The van der Waals surface area contributed by atoms with Gasteiger partial charge in [-0.1, -0.05) is 35.9 Å². The first-order valence-electron chi connectivity index (χ1n) is 8.77. The second-order valence-corrected chi connectivity index (χ2v) is 7.93. The lowest BCUT2D eigenvalue weighted by Gasteiger charge is -2.14. The van der Waals surface area contributed by atoms with Gasteiger partial charge in [-0.2, -0.15) is 0 Å². The van der Waals surface area contributed by atoms with E-state index in [1.165, 1.54) is 23.1 Å². The molecule has 0 aliphatic carbocycles. The SMILES string of the molecule is Cc1ccccc1CN1C(=O)S/C(=C\c2ccc(-c3ccc(F)c(Cl)c3)o2)C1=O. The van der Waals surface area contributed by atoms with Crippen molar-refractivity contribution in [1.29, 1.82) is 0 Å². The zero-order valence-corrected chi connectivity index (χ0v) is 16.9. The summed E-state index contributed by atoms with van der Waals surface area (Å²) >= 11 is 6.70. The highest BCUT2D eigenvalue weighted by molar-refractivity contribution is 8.18. The van der Waals surface area contributed by atoms with Gasteiger partial charge in [-0.15, -0.1) is 0 Å². The van der Waals surface area contributed by atoms with Crippen LogP contribution >= 0.6 is 23.4 Å². The number of carbonyl (C=O) groups is 2. The Hall–Kier alpha value is -2.83. The lowest BCUT2D eigenvalue weighted by Crippen LogP contribution is -2.27. The van der Waals surface area contributed by atoms with E-state index in [1.54, 1.807) is 18.2 Å². The number of hydrogen-bond donors (Lipinski definition) is 0. The number of benzene rings is 2. The zero-order valence-electron chi connectivity index (χ0n) is 15.3. The van der Waals surface area contributed by atoms with Gasteiger partial charge in [0.15, 0.2) is 0 Å². The van der Waals surface area contributed by atoms with E-state index >= 15 is 0 Å². The Bertz CT molecular complexity index is 1150. The lowest BCUT2D eigenvalue weighted by molar-refractivity contribution is -0.123. The number of thioether (sulfide) groups is 1. The van der Waals surface area contributed by atoms with Gasteiger partial charge in [0.25, 0.3) is 11.1 Å². The highest BCUT2D eigenvalue weighted by Gasteiger charge is 2.35. The number of aryl methyl sites for hydroxylation is 1. The van der Waals surface area contributed by atoms with Crippen LogP contribution in [0.2, 0.25) is 5.02 Å². The highest BCUT2D eigenvalue weighted by atomic mass is 35.5. The molecular weight excluding hydrogens is 413 g/mol. The molecule has 3 aromatic rings. The molecule has 0 N–H and O–H groups in total. The second-order valence-electron chi connectivity index (χ2n) is 6.53. The molecule has 1 saturated heterocycles. The Morgan fingerprint density at radius 3 is 2.69 bits per heavy atom. The average Bonchev–Trinajstić information content (AvgIpc) is 3.26. The molecule has 4 nitrogen and oxygen atoms in total. The Kier molecular flexibility index (Phi) is 5.30. The molecule has 1 fully saturated rings. The molecule has 0 atom stereocenters. The lowest BCUT2D eigenvalue weighted by atomic mass is 10.1. The van der Waals surface area contributed by atoms with Crippen molar-refractivity contribution < 1.29 is 18.4 Å². The summed E-state index contributed by atoms with van der Waals surface area (Å²) in [5.41, 5.74) is 2.55. The normalized spacial score (nSPS) is 15.6. The third-order valence-corrected chi connectivity index (χ3v) is 5.76. The summed E-state index contributed by atoms with van der Waals surface area (Å²) in [7, 11) is 0. The van der Waals surface area contributed by atoms with Crippen molar-refractivity contribution >= 4 is 40.6 Å². The van der Waals surface area contributed by atoms with Crippen LogP contribution in [0.3, 0.4) is 0 Å². The van der Waals surface area contributed by atoms with Crippen molar-refractivity contribution in [3.63, 3.8) is 0 Å². The van der Waals surface area contributed by atoms with Crippen LogP contribution in [0, 0.1) is 12.7 Å². The van der Waals surface area contributed by atoms with Crippen molar-refractivity contribution in [2.45, 2.75) is 13.5 Å². The van der Waals surface area contributed by atoms with Gasteiger partial charge < -0.3 is 4.42 Å². The van der Waals surface area contributed by atoms with Crippen molar-refractivity contribution in [2.75, 3.05) is 0 Å². The van der Waals surface area contributed by atoms with Gasteiger partial charge in [0.05, 0.1) is 16.5 Å². The average molecular weight is 428 g/mol. The van der Waals surface area contributed by atoms with Crippen molar-refractivity contribution in [2.24, 2.45) is 0 Å². The molecule has 7 heteroatoms. The van der Waals surface area contributed by atoms with Gasteiger partial charge >= 0.3 is 0 Å². The minimum Gasteiger partial charge on any atom is -0.457 e. The van der Waals surface area contributed by atoms with E-state index in [2.05, 4.69) is 0 Å². The summed E-state index contributed by atoms with van der Waals surface area (Å²) in [6.45, 7) is 2.17. The summed E-state index contributed by atoms with van der Waals surface area (Å²) in [5.74, 6) is 0.0367. The van der Waals surface area contributed by atoms with E-state index in [0.717, 1.165) is 22.9 Å². The van der Waals surface area contributed by atoms with Gasteiger partial charge in [0, 0.05) is 11.6 Å². The summed E-state index contributed by atoms with van der Waals surface area (Å²) < 4.78 is 19.1. The van der Waals surface area contributed by atoms with Crippen LogP contribution in [0.15, 0.2) is 63.9 Å². The van der Waals surface area contributed by atoms with E-state index in [9.17, 15) is 14.0 Å². The molecule has 0 spiro atoms. The first kappa shape index (κ1) is 19.5. The minimum atomic E-state index is -0.510. The fourth-order valence-electron chi connectivity index (χ4n) is 2.96. The van der Waals surface area contributed by atoms with Gasteiger partial charge in [0.1, 0.15) is 17.3 Å². The summed E-state index contributed by atoms with van der Waals surface area (Å²) in [5, 5.41) is -0.320. The molecule has 0 saturated carbocycles. The van der Waals surface area contributed by atoms with Crippen LogP contribution in [0.25, 0.3) is 17.4 Å². The van der Waals surface area contributed by atoms with Crippen molar-refractivity contribution in [3.05, 3.63) is 87.2 Å². The highest BCUT2D eigenvalue weighted by Crippen LogP contribution is 2.35. The van der Waals surface area contributed by atoms with Gasteiger partial charge in [-0.3, -0.25) is 14.5 Å². The van der Waals surface area contributed by atoms with Crippen LogP contribution in [-0.4, -0.2) is 16.0 Å². The minimum absolute atomic E-state index is 0.00206. The first-order chi connectivity index (χ1) is 13.9. The number of amides is 2. The van der Waals surface area contributed by atoms with E-state index in [0.29, 0.717) is 22.0 Å². The van der Waals surface area contributed by atoms with Gasteiger partial charge in [-0.05, 0) is 60.1 Å². The molecule has 2 aromatic carbocycles. The molecule has 0 radical (unpaired) electrons. The number of imide groups is 1. The molecule has 2 heterocycles. The molecule has 1 aromatic heterocycles. The quantitative estimate of drug-likeness (QED) is 0.459. The Morgan fingerprint density at radius 2 is 1.93 bits per heavy atom. The Labute approximate surface area is 176 Å². The van der Waals surface area contributed by atoms with Gasteiger partial charge in [-0.25, -0.2) is 4.39 Å². The number of rotatable bonds is 4. The standard InChI is InChI=1S/C22H15ClFNO3S/c1-13-4-2-3-5-15(13)12-25-21(26)20(29-22(25)27)11-16-7-9-19(28-16)14-6-8-18(24)17(23)10-14/h2-11H,12H2,1H3/b20-11-. The maximum atomic E-state index is 13.3. The molecule has 1 aliphatic heterocycles. The molecule has 1 aliphatic rings. The van der Waals surface area contributed by atoms with Crippen molar-refractivity contribution in [3.8, 4) is 11.3 Å². The van der Waals surface area contributed by atoms with E-state index in [4.69, 9.17) is 16.0 Å². The predicted octanol–water partition coefficient (Wildman–Crippen LogP) is 6.28. The van der Waals surface area contributed by atoms with Crippen molar-refractivity contribution in [1.82, 2.24) is 4.90 Å². The number of furan rings is 1.